The molecular weight excluding hydrogens is 296 g/mol. The van der Waals surface area contributed by atoms with Crippen molar-refractivity contribution in [1.29, 1.82) is 0 Å². The molecule has 6 atom stereocenters. The molecule has 2 aliphatic rings. The molecule has 0 heterocycles. The highest BCUT2D eigenvalue weighted by molar-refractivity contribution is 5.83. The lowest BCUT2D eigenvalue weighted by Gasteiger charge is -2.31. The van der Waals surface area contributed by atoms with Gasteiger partial charge in [0.2, 0.25) is 0 Å². The van der Waals surface area contributed by atoms with E-state index in [1.165, 1.54) is 17.2 Å². The summed E-state index contributed by atoms with van der Waals surface area (Å²) in [7, 11) is 0. The van der Waals surface area contributed by atoms with E-state index in [1.807, 2.05) is 19.1 Å². The predicted octanol–water partition coefficient (Wildman–Crippen LogP) is 5.37. The zero-order chi connectivity index (χ0) is 16.8. The van der Waals surface area contributed by atoms with Crippen LogP contribution in [0.25, 0.3) is 10.8 Å². The van der Waals surface area contributed by atoms with Crippen molar-refractivity contribution >= 4 is 16.7 Å². The van der Waals surface area contributed by atoms with Gasteiger partial charge in [0.1, 0.15) is 6.10 Å². The van der Waals surface area contributed by atoms with Crippen molar-refractivity contribution in [3.63, 3.8) is 0 Å². The van der Waals surface area contributed by atoms with Gasteiger partial charge in [0.05, 0.1) is 5.92 Å². The summed E-state index contributed by atoms with van der Waals surface area (Å²) in [6, 6.07) is 14.6. The number of fused-ring (bicyclic) bond motifs is 3. The van der Waals surface area contributed by atoms with Crippen LogP contribution in [-0.2, 0) is 9.53 Å². The first-order valence-electron chi connectivity index (χ1n) is 9.24. The monoisotopic (exact) mass is 322 g/mol. The van der Waals surface area contributed by atoms with Gasteiger partial charge in [-0.25, -0.2) is 0 Å². The maximum atomic E-state index is 12.7. The minimum absolute atomic E-state index is 0.0157. The number of rotatable bonds is 3. The molecule has 2 aromatic rings. The van der Waals surface area contributed by atoms with Crippen LogP contribution in [0.4, 0.5) is 0 Å². The second-order valence-corrected chi connectivity index (χ2v) is 7.91. The smallest absolute Gasteiger partial charge is 0.309 e. The molecule has 2 heteroatoms. The Bertz CT molecular complexity index is 763. The second-order valence-electron chi connectivity index (χ2n) is 7.91. The van der Waals surface area contributed by atoms with Gasteiger partial charge < -0.3 is 4.74 Å². The largest absolute Gasteiger partial charge is 0.458 e. The minimum Gasteiger partial charge on any atom is -0.458 e. The van der Waals surface area contributed by atoms with Gasteiger partial charge in [0.25, 0.3) is 0 Å². The first-order chi connectivity index (χ1) is 11.5. The molecule has 4 rings (SSSR count). The first-order valence-corrected chi connectivity index (χ1v) is 9.24. The molecule has 0 aliphatic heterocycles. The maximum Gasteiger partial charge on any atom is 0.309 e. The summed E-state index contributed by atoms with van der Waals surface area (Å²) in [4.78, 5) is 12.7. The molecule has 2 aliphatic carbocycles. The normalized spacial score (nSPS) is 32.9. The van der Waals surface area contributed by atoms with Gasteiger partial charge in [-0.1, -0.05) is 50.2 Å². The summed E-state index contributed by atoms with van der Waals surface area (Å²) in [5, 5.41) is 2.41. The number of esters is 1. The van der Waals surface area contributed by atoms with Crippen LogP contribution in [0, 0.1) is 29.6 Å². The summed E-state index contributed by atoms with van der Waals surface area (Å²) in [5.41, 5.74) is 1.08. The summed E-state index contributed by atoms with van der Waals surface area (Å²) in [5.74, 6) is 2.79. The van der Waals surface area contributed by atoms with Gasteiger partial charge in [-0.3, -0.25) is 4.79 Å². The molecule has 0 saturated heterocycles. The van der Waals surface area contributed by atoms with E-state index in [4.69, 9.17) is 4.74 Å². The maximum absolute atomic E-state index is 12.7. The van der Waals surface area contributed by atoms with E-state index in [2.05, 4.69) is 44.2 Å². The number of ether oxygens (including phenoxy) is 1. The van der Waals surface area contributed by atoms with Crippen LogP contribution in [0.1, 0.15) is 45.3 Å². The number of benzene rings is 2. The number of carbonyl (C=O) groups is 1. The lowest BCUT2D eigenvalue weighted by molar-refractivity contribution is -0.156. The van der Waals surface area contributed by atoms with Gasteiger partial charge in [0.15, 0.2) is 0 Å². The van der Waals surface area contributed by atoms with E-state index in [0.717, 1.165) is 23.8 Å². The molecular formula is C22H26O2. The summed E-state index contributed by atoms with van der Waals surface area (Å²) in [6.45, 7) is 6.64. The zero-order valence-electron chi connectivity index (χ0n) is 14.7. The molecule has 2 bridgehead atoms. The van der Waals surface area contributed by atoms with Crippen molar-refractivity contribution in [2.24, 2.45) is 29.6 Å². The highest BCUT2D eigenvalue weighted by Gasteiger charge is 2.51. The van der Waals surface area contributed by atoms with E-state index < -0.39 is 0 Å². The van der Waals surface area contributed by atoms with Gasteiger partial charge >= 0.3 is 5.97 Å². The minimum atomic E-state index is -0.186. The summed E-state index contributed by atoms with van der Waals surface area (Å²) >= 11 is 0. The molecule has 6 unspecified atom stereocenters. The molecule has 0 aromatic heterocycles. The fourth-order valence-electron chi connectivity index (χ4n) is 5.00. The van der Waals surface area contributed by atoms with Crippen molar-refractivity contribution in [3.05, 3.63) is 48.0 Å². The quantitative estimate of drug-likeness (QED) is 0.710. The summed E-state index contributed by atoms with van der Waals surface area (Å²) in [6.07, 6.45) is 2.06. The Labute approximate surface area is 144 Å². The van der Waals surface area contributed by atoms with Crippen molar-refractivity contribution < 1.29 is 9.53 Å². The molecule has 24 heavy (non-hydrogen) atoms. The second kappa shape index (κ2) is 5.91. The van der Waals surface area contributed by atoms with Crippen LogP contribution < -0.4 is 0 Å². The molecule has 0 N–H and O–H groups in total. The van der Waals surface area contributed by atoms with Crippen molar-refractivity contribution in [2.45, 2.75) is 39.7 Å². The third-order valence-corrected chi connectivity index (χ3v) is 6.74. The Kier molecular flexibility index (Phi) is 3.86. The number of hydrogen-bond donors (Lipinski definition) is 0. The van der Waals surface area contributed by atoms with Crippen LogP contribution in [0.5, 0.6) is 0 Å². The van der Waals surface area contributed by atoms with Crippen LogP contribution in [0.15, 0.2) is 42.5 Å². The lowest BCUT2D eigenvalue weighted by Crippen LogP contribution is -2.31. The molecule has 0 radical (unpaired) electrons. The molecule has 2 nitrogen and oxygen atoms in total. The Morgan fingerprint density at radius 2 is 1.79 bits per heavy atom. The molecule has 0 amide bonds. The Morgan fingerprint density at radius 3 is 2.50 bits per heavy atom. The third-order valence-electron chi connectivity index (χ3n) is 6.74. The standard InChI is InChI=1S/C22H26O2/c1-13-14(2)20-11-19(13)12-21(20)22(23)24-15(3)17-9-8-16-6-4-5-7-18(16)10-17/h4-10,13-15,19-21H,11-12H2,1-3H3. The van der Waals surface area contributed by atoms with Crippen LogP contribution in [-0.4, -0.2) is 5.97 Å². The topological polar surface area (TPSA) is 26.3 Å². The van der Waals surface area contributed by atoms with Crippen molar-refractivity contribution in [1.82, 2.24) is 0 Å². The number of hydrogen-bond acceptors (Lipinski definition) is 2. The third kappa shape index (κ3) is 2.53. The SMILES string of the molecule is CC(OC(=O)C1CC2CC1C(C)C2C)c1ccc2ccccc2c1. The number of carbonyl (C=O) groups excluding carboxylic acids is 1. The Hall–Kier alpha value is -1.83. The van der Waals surface area contributed by atoms with Crippen molar-refractivity contribution in [2.75, 3.05) is 0 Å². The van der Waals surface area contributed by atoms with Crippen LogP contribution in [0.3, 0.4) is 0 Å². The lowest BCUT2D eigenvalue weighted by atomic mass is 9.76. The van der Waals surface area contributed by atoms with Crippen LogP contribution in [0.2, 0.25) is 0 Å². The molecule has 0 spiro atoms. The van der Waals surface area contributed by atoms with Gasteiger partial charge in [-0.05, 0) is 65.8 Å². The van der Waals surface area contributed by atoms with E-state index in [-0.39, 0.29) is 18.0 Å². The average molecular weight is 322 g/mol. The van der Waals surface area contributed by atoms with E-state index >= 15 is 0 Å². The Morgan fingerprint density at radius 1 is 1.04 bits per heavy atom. The first kappa shape index (κ1) is 15.7. The Balaban J connectivity index is 1.47. The molecule has 2 saturated carbocycles. The highest BCUT2D eigenvalue weighted by atomic mass is 16.5. The van der Waals surface area contributed by atoms with E-state index in [0.29, 0.717) is 11.8 Å². The fourth-order valence-corrected chi connectivity index (χ4v) is 5.00. The van der Waals surface area contributed by atoms with E-state index in [1.54, 1.807) is 0 Å². The average Bonchev–Trinajstić information content (AvgIpc) is 3.15. The zero-order valence-corrected chi connectivity index (χ0v) is 14.7. The van der Waals surface area contributed by atoms with Crippen molar-refractivity contribution in [3.8, 4) is 0 Å². The highest BCUT2D eigenvalue weighted by Crippen LogP contribution is 2.55. The predicted molar refractivity (Wildman–Crippen MR) is 96.5 cm³/mol. The fraction of sp³-hybridized carbons (Fsp3) is 0.500. The van der Waals surface area contributed by atoms with Gasteiger partial charge in [-0.2, -0.15) is 0 Å². The molecule has 126 valence electrons. The molecule has 2 aromatic carbocycles. The van der Waals surface area contributed by atoms with E-state index in [9.17, 15) is 4.79 Å². The van der Waals surface area contributed by atoms with Gasteiger partial charge in [0, 0.05) is 0 Å². The molecule has 2 fully saturated rings. The van der Waals surface area contributed by atoms with Crippen LogP contribution >= 0.6 is 0 Å². The van der Waals surface area contributed by atoms with Gasteiger partial charge in [-0.15, -0.1) is 0 Å². The summed E-state index contributed by atoms with van der Waals surface area (Å²) < 4.78 is 5.87.